The van der Waals surface area contributed by atoms with Crippen molar-refractivity contribution in [2.75, 3.05) is 13.7 Å². The van der Waals surface area contributed by atoms with Crippen molar-refractivity contribution >= 4 is 11.7 Å². The van der Waals surface area contributed by atoms with Crippen molar-refractivity contribution in [2.45, 2.75) is 90.3 Å². The molecule has 6 nitrogen and oxygen atoms in total. The lowest BCUT2D eigenvalue weighted by atomic mass is 9.88. The van der Waals surface area contributed by atoms with E-state index in [2.05, 4.69) is 44.3 Å². The van der Waals surface area contributed by atoms with Crippen molar-refractivity contribution in [3.05, 3.63) is 36.0 Å². The highest BCUT2D eigenvalue weighted by Gasteiger charge is 2.34. The van der Waals surface area contributed by atoms with Gasteiger partial charge in [0, 0.05) is 19.6 Å². The van der Waals surface area contributed by atoms with Crippen molar-refractivity contribution in [3.63, 3.8) is 0 Å². The van der Waals surface area contributed by atoms with Crippen molar-refractivity contribution < 1.29 is 23.8 Å². The van der Waals surface area contributed by atoms with Crippen LogP contribution in [0.2, 0.25) is 0 Å². The minimum atomic E-state index is -0.253. The number of allylic oxidation sites excluding steroid dienone is 3. The number of methoxy groups -OCH3 is 1. The number of nitrogens with one attached hydrogen (secondary N) is 1. The molecule has 6 heteroatoms. The van der Waals surface area contributed by atoms with Gasteiger partial charge in [0.05, 0.1) is 36.6 Å². The summed E-state index contributed by atoms with van der Waals surface area (Å²) in [6.07, 6.45) is 12.6. The largest absolute Gasteiger partial charge is 0.378 e. The molecular formula is C25H39NO5. The second-order valence-corrected chi connectivity index (χ2v) is 9.21. The van der Waals surface area contributed by atoms with Crippen LogP contribution in [0.4, 0.5) is 0 Å². The quantitative estimate of drug-likeness (QED) is 0.464. The number of rotatable bonds is 8. The van der Waals surface area contributed by atoms with Gasteiger partial charge in [-0.25, -0.2) is 0 Å². The molecule has 6 atom stereocenters. The van der Waals surface area contributed by atoms with Crippen LogP contribution in [0.5, 0.6) is 0 Å². The zero-order valence-corrected chi connectivity index (χ0v) is 19.9. The molecular weight excluding hydrogens is 394 g/mol. The van der Waals surface area contributed by atoms with Gasteiger partial charge < -0.3 is 19.5 Å². The van der Waals surface area contributed by atoms with Gasteiger partial charge in [-0.05, 0) is 59.0 Å². The van der Waals surface area contributed by atoms with Crippen LogP contribution < -0.4 is 5.32 Å². The van der Waals surface area contributed by atoms with Gasteiger partial charge in [0.25, 0.3) is 0 Å². The molecule has 1 N–H and O–H groups in total. The van der Waals surface area contributed by atoms with Gasteiger partial charge in [-0.3, -0.25) is 9.59 Å². The predicted octanol–water partition coefficient (Wildman–Crippen LogP) is 3.91. The minimum absolute atomic E-state index is 0.0566. The Kier molecular flexibility index (Phi) is 9.66. The van der Waals surface area contributed by atoms with Crippen LogP contribution in [0.15, 0.2) is 36.0 Å². The molecule has 6 unspecified atom stereocenters. The summed E-state index contributed by atoms with van der Waals surface area (Å²) in [6, 6.07) is -0.0566. The van der Waals surface area contributed by atoms with Gasteiger partial charge in [-0.15, -0.1) is 0 Å². The maximum absolute atomic E-state index is 12.0. The first-order chi connectivity index (χ1) is 14.6. The van der Waals surface area contributed by atoms with Crippen LogP contribution in [0.1, 0.15) is 60.3 Å². The minimum Gasteiger partial charge on any atom is -0.378 e. The molecule has 2 saturated heterocycles. The summed E-state index contributed by atoms with van der Waals surface area (Å²) in [7, 11) is 1.77. The SMILES string of the molecule is COC1(C)CCOC(/C=C/C(C)=C/CC2OC(C)C(NC(=O)/C=C\C(C)=O)CC2C)C1. The van der Waals surface area contributed by atoms with Crippen molar-refractivity contribution in [1.82, 2.24) is 5.32 Å². The van der Waals surface area contributed by atoms with E-state index in [1.807, 2.05) is 6.92 Å². The first-order valence-corrected chi connectivity index (χ1v) is 11.3. The van der Waals surface area contributed by atoms with E-state index in [0.29, 0.717) is 5.92 Å². The zero-order chi connectivity index (χ0) is 23.0. The first-order valence-electron chi connectivity index (χ1n) is 11.3. The maximum atomic E-state index is 12.0. The van der Waals surface area contributed by atoms with Crippen molar-refractivity contribution in [2.24, 2.45) is 5.92 Å². The van der Waals surface area contributed by atoms with E-state index in [9.17, 15) is 9.59 Å². The zero-order valence-electron chi connectivity index (χ0n) is 19.9. The van der Waals surface area contributed by atoms with Crippen LogP contribution in [0, 0.1) is 5.92 Å². The normalized spacial score (nSPS) is 34.9. The Morgan fingerprint density at radius 1 is 1.19 bits per heavy atom. The number of ether oxygens (including phenoxy) is 3. The molecule has 0 saturated carbocycles. The summed E-state index contributed by atoms with van der Waals surface area (Å²) in [5, 5.41) is 2.95. The van der Waals surface area contributed by atoms with Gasteiger partial charge in [-0.2, -0.15) is 0 Å². The third-order valence-corrected chi connectivity index (χ3v) is 6.35. The molecule has 0 spiro atoms. The molecule has 2 rings (SSSR count). The average Bonchev–Trinajstić information content (AvgIpc) is 2.72. The third kappa shape index (κ3) is 8.36. The lowest BCUT2D eigenvalue weighted by molar-refractivity contribution is -0.124. The Morgan fingerprint density at radius 2 is 1.94 bits per heavy atom. The number of carbonyl (C=O) groups excluding carboxylic acids is 2. The lowest BCUT2D eigenvalue weighted by Crippen LogP contribution is -2.50. The van der Waals surface area contributed by atoms with E-state index in [-0.39, 0.29) is 41.6 Å². The molecule has 0 aliphatic carbocycles. The Bertz CT molecular complexity index is 713. The van der Waals surface area contributed by atoms with Gasteiger partial charge in [0.15, 0.2) is 5.78 Å². The second-order valence-electron chi connectivity index (χ2n) is 9.21. The molecule has 0 aromatic heterocycles. The van der Waals surface area contributed by atoms with E-state index < -0.39 is 0 Å². The summed E-state index contributed by atoms with van der Waals surface area (Å²) in [4.78, 5) is 23.0. The van der Waals surface area contributed by atoms with Gasteiger partial charge in [0.2, 0.25) is 5.91 Å². The van der Waals surface area contributed by atoms with Crippen LogP contribution in [-0.2, 0) is 23.8 Å². The molecule has 1 amide bonds. The first kappa shape index (κ1) is 25.5. The number of ketones is 1. The lowest BCUT2D eigenvalue weighted by Gasteiger charge is -2.39. The summed E-state index contributed by atoms with van der Waals surface area (Å²) in [5.41, 5.74) is 1.07. The fraction of sp³-hybridized carbons (Fsp3) is 0.680. The van der Waals surface area contributed by atoms with E-state index in [1.54, 1.807) is 7.11 Å². The van der Waals surface area contributed by atoms with Crippen LogP contribution in [-0.4, -0.2) is 55.4 Å². The highest BCUT2D eigenvalue weighted by atomic mass is 16.5. The predicted molar refractivity (Wildman–Crippen MR) is 122 cm³/mol. The average molecular weight is 434 g/mol. The number of hydrogen-bond acceptors (Lipinski definition) is 5. The topological polar surface area (TPSA) is 73.9 Å². The smallest absolute Gasteiger partial charge is 0.244 e. The van der Waals surface area contributed by atoms with E-state index >= 15 is 0 Å². The molecule has 174 valence electrons. The number of carbonyl (C=O) groups is 2. The summed E-state index contributed by atoms with van der Waals surface area (Å²) >= 11 is 0. The molecule has 2 fully saturated rings. The van der Waals surface area contributed by atoms with E-state index in [1.165, 1.54) is 24.6 Å². The van der Waals surface area contributed by atoms with Crippen molar-refractivity contribution in [1.29, 1.82) is 0 Å². The monoisotopic (exact) mass is 433 g/mol. The maximum Gasteiger partial charge on any atom is 0.244 e. The second kappa shape index (κ2) is 11.7. The number of amides is 1. The molecule has 2 aliphatic heterocycles. The van der Waals surface area contributed by atoms with Crippen LogP contribution in [0.25, 0.3) is 0 Å². The summed E-state index contributed by atoms with van der Waals surface area (Å²) in [6.45, 7) is 10.5. The highest BCUT2D eigenvalue weighted by Crippen LogP contribution is 2.29. The Labute approximate surface area is 187 Å². The standard InChI is InChI=1S/C25H39NO5/c1-17(7-10-21-16-25(5,29-6)13-14-30-21)8-11-23-18(2)15-22(20(4)31-23)26-24(28)12-9-19(3)27/h7-10,12,18,20-23H,11,13-16H2,1-6H3,(H,26,28)/b10-7+,12-9-,17-8+. The van der Waals surface area contributed by atoms with Gasteiger partial charge in [0.1, 0.15) is 0 Å². The molecule has 0 bridgehead atoms. The van der Waals surface area contributed by atoms with Gasteiger partial charge in [-0.1, -0.05) is 30.7 Å². The molecule has 0 aromatic carbocycles. The number of hydrogen-bond donors (Lipinski definition) is 1. The van der Waals surface area contributed by atoms with Crippen LogP contribution >= 0.6 is 0 Å². The highest BCUT2D eigenvalue weighted by molar-refractivity contribution is 5.96. The Morgan fingerprint density at radius 3 is 2.61 bits per heavy atom. The molecule has 31 heavy (non-hydrogen) atoms. The molecule has 2 heterocycles. The van der Waals surface area contributed by atoms with E-state index in [4.69, 9.17) is 14.2 Å². The fourth-order valence-corrected chi connectivity index (χ4v) is 4.09. The summed E-state index contributed by atoms with van der Waals surface area (Å²) in [5.74, 6) is -0.0809. The fourth-order valence-electron chi connectivity index (χ4n) is 4.09. The molecule has 2 aliphatic rings. The van der Waals surface area contributed by atoms with Crippen LogP contribution in [0.3, 0.4) is 0 Å². The van der Waals surface area contributed by atoms with Gasteiger partial charge >= 0.3 is 0 Å². The molecule has 0 radical (unpaired) electrons. The molecule has 0 aromatic rings. The van der Waals surface area contributed by atoms with E-state index in [0.717, 1.165) is 32.3 Å². The summed E-state index contributed by atoms with van der Waals surface area (Å²) < 4.78 is 17.7. The van der Waals surface area contributed by atoms with Crippen molar-refractivity contribution in [3.8, 4) is 0 Å². The Balaban J connectivity index is 1.84. The third-order valence-electron chi connectivity index (χ3n) is 6.35. The Hall–Kier alpha value is -1.76.